The lowest BCUT2D eigenvalue weighted by molar-refractivity contribution is 0.0697. The Balaban J connectivity index is 1.19. The Labute approximate surface area is 209 Å². The molecule has 5 rings (SSSR count). The van der Waals surface area contributed by atoms with Gasteiger partial charge in [-0.25, -0.2) is 18.7 Å². The summed E-state index contributed by atoms with van der Waals surface area (Å²) in [6.45, 7) is 0.983. The van der Waals surface area contributed by atoms with E-state index < -0.39 is 23.4 Å². The van der Waals surface area contributed by atoms with Gasteiger partial charge in [0.1, 0.15) is 0 Å². The Morgan fingerprint density at radius 3 is 2.38 bits per heavy atom. The van der Waals surface area contributed by atoms with Crippen LogP contribution in [0.5, 0.6) is 11.5 Å². The Kier molecular flexibility index (Phi) is 6.62. The number of nitrogens with zero attached hydrogens (tertiary/aromatic N) is 3. The Bertz CT molecular complexity index is 1380. The molecule has 0 atom stereocenters. The fourth-order valence-corrected chi connectivity index (χ4v) is 4.11. The molecule has 190 valence electrons. The highest BCUT2D eigenvalue weighted by Gasteiger charge is 2.27. The maximum Gasteiger partial charge on any atom is 0.273 e. The first-order valence-electron chi connectivity index (χ1n) is 11.5. The van der Waals surface area contributed by atoms with Crippen LogP contribution in [0.1, 0.15) is 44.0 Å². The van der Waals surface area contributed by atoms with E-state index in [1.807, 2.05) is 0 Å². The third-order valence-electron chi connectivity index (χ3n) is 6.06. The molecule has 2 aromatic carbocycles. The van der Waals surface area contributed by atoms with Crippen molar-refractivity contribution in [2.75, 3.05) is 25.2 Å². The molecule has 3 amide bonds. The lowest BCUT2D eigenvalue weighted by atomic mass is 10.0. The number of carbonyl (C=O) groups is 3. The van der Waals surface area contributed by atoms with E-state index in [1.165, 1.54) is 12.4 Å². The van der Waals surface area contributed by atoms with E-state index in [9.17, 15) is 23.2 Å². The van der Waals surface area contributed by atoms with Gasteiger partial charge in [0.2, 0.25) is 6.79 Å². The van der Waals surface area contributed by atoms with Crippen molar-refractivity contribution in [3.05, 3.63) is 77.2 Å². The van der Waals surface area contributed by atoms with Gasteiger partial charge in [-0.15, -0.1) is 0 Å². The molecule has 3 aromatic rings. The second kappa shape index (κ2) is 10.2. The number of halogens is 2. The van der Waals surface area contributed by atoms with Crippen LogP contribution in [0.15, 0.2) is 48.8 Å². The molecule has 0 aliphatic carbocycles. The van der Waals surface area contributed by atoms with Crippen molar-refractivity contribution in [2.24, 2.45) is 0 Å². The molecule has 0 unspecified atom stereocenters. The number of ether oxygens (including phenoxy) is 2. The van der Waals surface area contributed by atoms with Crippen molar-refractivity contribution in [1.29, 1.82) is 0 Å². The van der Waals surface area contributed by atoms with E-state index in [0.717, 1.165) is 18.2 Å². The minimum Gasteiger partial charge on any atom is -0.454 e. The summed E-state index contributed by atoms with van der Waals surface area (Å²) in [6, 6.07) is 7.51. The number of aromatic nitrogens is 2. The van der Waals surface area contributed by atoms with Crippen LogP contribution in [-0.2, 0) is 0 Å². The zero-order valence-corrected chi connectivity index (χ0v) is 19.4. The smallest absolute Gasteiger partial charge is 0.273 e. The third kappa shape index (κ3) is 5.17. The zero-order valence-electron chi connectivity index (χ0n) is 19.4. The number of amides is 3. The van der Waals surface area contributed by atoms with Crippen LogP contribution in [0.4, 0.5) is 14.6 Å². The van der Waals surface area contributed by atoms with Gasteiger partial charge in [0.25, 0.3) is 17.7 Å². The van der Waals surface area contributed by atoms with Crippen LogP contribution in [-0.4, -0.2) is 58.5 Å². The summed E-state index contributed by atoms with van der Waals surface area (Å²) in [5.74, 6) is -2.72. The zero-order chi connectivity index (χ0) is 25.9. The van der Waals surface area contributed by atoms with Gasteiger partial charge in [0.15, 0.2) is 34.6 Å². The molecule has 1 saturated heterocycles. The molecule has 1 fully saturated rings. The average molecular weight is 509 g/mol. The summed E-state index contributed by atoms with van der Waals surface area (Å²) in [4.78, 5) is 48.0. The van der Waals surface area contributed by atoms with E-state index in [2.05, 4.69) is 20.6 Å². The van der Waals surface area contributed by atoms with Crippen LogP contribution < -0.4 is 20.1 Å². The first-order chi connectivity index (χ1) is 17.9. The Morgan fingerprint density at radius 1 is 0.865 bits per heavy atom. The predicted molar refractivity (Wildman–Crippen MR) is 125 cm³/mol. The topological polar surface area (TPSA) is 123 Å². The number of nitrogens with one attached hydrogen (secondary N) is 2. The highest BCUT2D eigenvalue weighted by Crippen LogP contribution is 2.33. The van der Waals surface area contributed by atoms with Crippen molar-refractivity contribution in [1.82, 2.24) is 20.2 Å². The van der Waals surface area contributed by atoms with Gasteiger partial charge < -0.3 is 25.0 Å². The molecule has 10 nitrogen and oxygen atoms in total. The molecule has 3 heterocycles. The van der Waals surface area contributed by atoms with E-state index in [-0.39, 0.29) is 35.8 Å². The van der Waals surface area contributed by atoms with Gasteiger partial charge in [-0.1, -0.05) is 0 Å². The number of hydrogen-bond acceptors (Lipinski definition) is 7. The predicted octanol–water partition coefficient (Wildman–Crippen LogP) is 2.77. The normalized spacial score (nSPS) is 14.8. The number of likely N-dealkylation sites (tertiary alicyclic amines) is 1. The average Bonchev–Trinajstić information content (AvgIpc) is 3.38. The van der Waals surface area contributed by atoms with Gasteiger partial charge in [0, 0.05) is 42.7 Å². The molecule has 0 radical (unpaired) electrons. The van der Waals surface area contributed by atoms with Gasteiger partial charge in [-0.05, 0) is 49.2 Å². The van der Waals surface area contributed by atoms with Crippen molar-refractivity contribution < 1.29 is 32.6 Å². The maximum atomic E-state index is 13.5. The fourth-order valence-electron chi connectivity index (χ4n) is 4.11. The SMILES string of the molecule is O=C(Nc1nccnc1C(=O)NC1CCN(C(=O)c2ccc3c(c2)OCO3)CC1)c1ccc(F)c(F)c1. The standard InChI is InChI=1S/C25H21F2N5O5/c26-17-3-1-14(11-18(17)27)23(33)31-22-21(28-7-8-29-22)24(34)30-16-5-9-32(10-6-16)25(35)15-2-4-19-20(12-15)37-13-36-19/h1-4,7-8,11-12,16H,5-6,9-10,13H2,(H,30,34)(H,29,31,33). The lowest BCUT2D eigenvalue weighted by Crippen LogP contribution is -2.46. The summed E-state index contributed by atoms with van der Waals surface area (Å²) in [5.41, 5.74) is 0.223. The summed E-state index contributed by atoms with van der Waals surface area (Å²) >= 11 is 0. The van der Waals surface area contributed by atoms with Gasteiger partial charge in [0.05, 0.1) is 0 Å². The lowest BCUT2D eigenvalue weighted by Gasteiger charge is -2.32. The number of piperidine rings is 1. The van der Waals surface area contributed by atoms with Crippen molar-refractivity contribution >= 4 is 23.5 Å². The molecule has 2 N–H and O–H groups in total. The largest absolute Gasteiger partial charge is 0.454 e. The molecule has 0 bridgehead atoms. The monoisotopic (exact) mass is 509 g/mol. The van der Waals surface area contributed by atoms with Crippen LogP contribution >= 0.6 is 0 Å². The van der Waals surface area contributed by atoms with Crippen LogP contribution in [0.3, 0.4) is 0 Å². The Morgan fingerprint density at radius 2 is 1.59 bits per heavy atom. The van der Waals surface area contributed by atoms with E-state index in [0.29, 0.717) is 43.0 Å². The van der Waals surface area contributed by atoms with Crippen molar-refractivity contribution in [3.63, 3.8) is 0 Å². The molecular weight excluding hydrogens is 488 g/mol. The van der Waals surface area contributed by atoms with Crippen molar-refractivity contribution in [2.45, 2.75) is 18.9 Å². The number of hydrogen-bond donors (Lipinski definition) is 2. The summed E-state index contributed by atoms with van der Waals surface area (Å²) in [7, 11) is 0. The molecule has 37 heavy (non-hydrogen) atoms. The highest BCUT2D eigenvalue weighted by atomic mass is 19.2. The van der Waals surface area contributed by atoms with E-state index in [1.54, 1.807) is 23.1 Å². The van der Waals surface area contributed by atoms with Crippen LogP contribution in [0, 0.1) is 11.6 Å². The molecule has 2 aliphatic rings. The number of benzene rings is 2. The first-order valence-corrected chi connectivity index (χ1v) is 11.5. The molecule has 12 heteroatoms. The molecule has 0 spiro atoms. The maximum absolute atomic E-state index is 13.5. The molecule has 1 aromatic heterocycles. The first kappa shape index (κ1) is 24.1. The van der Waals surface area contributed by atoms with Gasteiger partial charge in [-0.2, -0.15) is 0 Å². The number of rotatable bonds is 5. The third-order valence-corrected chi connectivity index (χ3v) is 6.06. The van der Waals surface area contributed by atoms with Gasteiger partial charge >= 0.3 is 0 Å². The van der Waals surface area contributed by atoms with E-state index in [4.69, 9.17) is 9.47 Å². The van der Waals surface area contributed by atoms with Crippen molar-refractivity contribution in [3.8, 4) is 11.5 Å². The van der Waals surface area contributed by atoms with Crippen LogP contribution in [0.25, 0.3) is 0 Å². The summed E-state index contributed by atoms with van der Waals surface area (Å²) in [5, 5.41) is 5.28. The Hall–Kier alpha value is -4.61. The second-order valence-corrected chi connectivity index (χ2v) is 8.44. The quantitative estimate of drug-likeness (QED) is 0.542. The minimum atomic E-state index is -1.17. The van der Waals surface area contributed by atoms with Gasteiger partial charge in [-0.3, -0.25) is 14.4 Å². The highest BCUT2D eigenvalue weighted by molar-refractivity contribution is 6.07. The summed E-state index contributed by atoms with van der Waals surface area (Å²) in [6.07, 6.45) is 3.62. The molecule has 2 aliphatic heterocycles. The minimum absolute atomic E-state index is 0.120. The summed E-state index contributed by atoms with van der Waals surface area (Å²) < 4.78 is 37.3. The molecule has 0 saturated carbocycles. The van der Waals surface area contributed by atoms with E-state index >= 15 is 0 Å². The van der Waals surface area contributed by atoms with Crippen LogP contribution in [0.2, 0.25) is 0 Å². The number of fused-ring (bicyclic) bond motifs is 1. The number of carbonyl (C=O) groups excluding carboxylic acids is 3. The molecular formula is C25H21F2N5O5. The second-order valence-electron chi connectivity index (χ2n) is 8.44. The number of anilines is 1. The fraction of sp³-hybridized carbons (Fsp3) is 0.240.